The van der Waals surface area contributed by atoms with E-state index in [1.807, 2.05) is 0 Å². The Bertz CT molecular complexity index is 304. The molecule has 0 aromatic rings. The Balaban J connectivity index is 2.17. The van der Waals surface area contributed by atoms with E-state index in [0.717, 1.165) is 25.7 Å². The van der Waals surface area contributed by atoms with Gasteiger partial charge in [0.05, 0.1) is 13.2 Å². The first-order chi connectivity index (χ1) is 9.65. The molecule has 0 bridgehead atoms. The number of nitrogens with two attached hydrogens (primary N) is 1. The molecule has 1 aliphatic rings. The van der Waals surface area contributed by atoms with Crippen molar-refractivity contribution < 1.29 is 14.3 Å². The van der Waals surface area contributed by atoms with Crippen molar-refractivity contribution in [1.29, 1.82) is 0 Å². The maximum Gasteiger partial charge on any atom is 0.245 e. The highest BCUT2D eigenvalue weighted by Gasteiger charge is 2.23. The molecule has 6 nitrogen and oxygen atoms in total. The molecule has 20 heavy (non-hydrogen) atoms. The summed E-state index contributed by atoms with van der Waals surface area (Å²) in [4.78, 5) is 25.6. The molecule has 1 fully saturated rings. The van der Waals surface area contributed by atoms with Gasteiger partial charge in [-0.25, -0.2) is 0 Å². The van der Waals surface area contributed by atoms with E-state index >= 15 is 0 Å². The average Bonchev–Trinajstić information content (AvgIpc) is 2.47. The van der Waals surface area contributed by atoms with Crippen LogP contribution in [0, 0.1) is 0 Å². The van der Waals surface area contributed by atoms with E-state index in [2.05, 4.69) is 5.32 Å². The summed E-state index contributed by atoms with van der Waals surface area (Å²) in [5, 5.41) is 2.77. The Morgan fingerprint density at radius 2 is 1.85 bits per heavy atom. The van der Waals surface area contributed by atoms with Crippen LogP contribution in [0.15, 0.2) is 0 Å². The summed E-state index contributed by atoms with van der Waals surface area (Å²) < 4.78 is 5.21. The summed E-state index contributed by atoms with van der Waals surface area (Å²) in [7, 11) is 0. The Labute approximate surface area is 121 Å². The van der Waals surface area contributed by atoms with Gasteiger partial charge in [0.25, 0.3) is 0 Å². The molecule has 6 heteroatoms. The molecule has 0 spiro atoms. The minimum atomic E-state index is -0.454. The number of amides is 2. The summed E-state index contributed by atoms with van der Waals surface area (Å²) in [5.74, 6) is -0.0726. The predicted molar refractivity (Wildman–Crippen MR) is 77.1 cm³/mol. The molecular formula is C14H27N3O3. The molecule has 1 saturated heterocycles. The van der Waals surface area contributed by atoms with E-state index in [4.69, 9.17) is 10.5 Å². The largest absolute Gasteiger partial charge is 0.378 e. The molecule has 1 unspecified atom stereocenters. The van der Waals surface area contributed by atoms with Crippen LogP contribution in [0.25, 0.3) is 0 Å². The molecule has 0 aliphatic carbocycles. The summed E-state index contributed by atoms with van der Waals surface area (Å²) in [6.45, 7) is 4.82. The standard InChI is InChI=1S/C14H27N3O3/c1-12(14(19)17-8-10-20-11-9-17)16-13(18)6-4-2-3-5-7-15/h12H,2-11,15H2,1H3,(H,16,18). The van der Waals surface area contributed by atoms with E-state index in [1.165, 1.54) is 0 Å². The number of rotatable bonds is 8. The molecule has 0 radical (unpaired) electrons. The molecule has 1 heterocycles. The third-order valence-corrected chi connectivity index (χ3v) is 3.43. The molecule has 1 aliphatic heterocycles. The van der Waals surface area contributed by atoms with E-state index in [9.17, 15) is 9.59 Å². The van der Waals surface area contributed by atoms with Gasteiger partial charge in [-0.2, -0.15) is 0 Å². The number of morpholine rings is 1. The fourth-order valence-corrected chi connectivity index (χ4v) is 2.22. The van der Waals surface area contributed by atoms with Gasteiger partial charge in [-0.15, -0.1) is 0 Å². The van der Waals surface area contributed by atoms with Crippen LogP contribution in [0.4, 0.5) is 0 Å². The Kier molecular flexibility index (Phi) is 8.22. The molecule has 1 rings (SSSR count). The second-order valence-electron chi connectivity index (χ2n) is 5.18. The number of carbonyl (C=O) groups is 2. The van der Waals surface area contributed by atoms with Crippen molar-refractivity contribution in [2.75, 3.05) is 32.8 Å². The molecule has 2 amide bonds. The van der Waals surface area contributed by atoms with Gasteiger partial charge in [0.2, 0.25) is 11.8 Å². The zero-order valence-electron chi connectivity index (χ0n) is 12.4. The van der Waals surface area contributed by atoms with Gasteiger partial charge in [0.1, 0.15) is 6.04 Å². The monoisotopic (exact) mass is 285 g/mol. The zero-order valence-corrected chi connectivity index (χ0v) is 12.4. The lowest BCUT2D eigenvalue weighted by molar-refractivity contribution is -0.139. The highest BCUT2D eigenvalue weighted by atomic mass is 16.5. The quantitative estimate of drug-likeness (QED) is 0.627. The van der Waals surface area contributed by atoms with E-state index in [1.54, 1.807) is 11.8 Å². The van der Waals surface area contributed by atoms with Gasteiger partial charge in [-0.05, 0) is 26.3 Å². The molecule has 0 saturated carbocycles. The number of hydrogen-bond acceptors (Lipinski definition) is 4. The molecule has 0 aromatic heterocycles. The fourth-order valence-electron chi connectivity index (χ4n) is 2.22. The maximum absolute atomic E-state index is 12.1. The van der Waals surface area contributed by atoms with E-state index in [0.29, 0.717) is 39.3 Å². The Morgan fingerprint density at radius 3 is 2.50 bits per heavy atom. The van der Waals surface area contributed by atoms with Crippen molar-refractivity contribution in [3.63, 3.8) is 0 Å². The highest BCUT2D eigenvalue weighted by molar-refractivity contribution is 5.87. The van der Waals surface area contributed by atoms with Gasteiger partial charge >= 0.3 is 0 Å². The SMILES string of the molecule is CC(NC(=O)CCCCCCN)C(=O)N1CCOCC1. The Hall–Kier alpha value is -1.14. The van der Waals surface area contributed by atoms with Crippen LogP contribution in [-0.4, -0.2) is 55.6 Å². The first-order valence-corrected chi connectivity index (χ1v) is 7.51. The lowest BCUT2D eigenvalue weighted by atomic mass is 10.1. The topological polar surface area (TPSA) is 84.7 Å². The van der Waals surface area contributed by atoms with E-state index in [-0.39, 0.29) is 11.8 Å². The molecule has 1 atom stereocenters. The van der Waals surface area contributed by atoms with Gasteiger partial charge < -0.3 is 20.7 Å². The normalized spacial score (nSPS) is 16.8. The van der Waals surface area contributed by atoms with Crippen LogP contribution in [0.2, 0.25) is 0 Å². The average molecular weight is 285 g/mol. The van der Waals surface area contributed by atoms with Gasteiger partial charge in [0.15, 0.2) is 0 Å². The smallest absolute Gasteiger partial charge is 0.245 e. The van der Waals surface area contributed by atoms with Crippen LogP contribution in [0.3, 0.4) is 0 Å². The first-order valence-electron chi connectivity index (χ1n) is 7.51. The molecule has 116 valence electrons. The highest BCUT2D eigenvalue weighted by Crippen LogP contribution is 2.04. The van der Waals surface area contributed by atoms with Crippen molar-refractivity contribution in [2.24, 2.45) is 5.73 Å². The van der Waals surface area contributed by atoms with Crippen LogP contribution >= 0.6 is 0 Å². The van der Waals surface area contributed by atoms with E-state index < -0.39 is 6.04 Å². The summed E-state index contributed by atoms with van der Waals surface area (Å²) in [5.41, 5.74) is 5.41. The lowest BCUT2D eigenvalue weighted by Crippen LogP contribution is -2.50. The van der Waals surface area contributed by atoms with Crippen molar-refractivity contribution in [1.82, 2.24) is 10.2 Å². The number of hydrogen-bond donors (Lipinski definition) is 2. The van der Waals surface area contributed by atoms with Crippen molar-refractivity contribution in [3.8, 4) is 0 Å². The van der Waals surface area contributed by atoms with Crippen molar-refractivity contribution in [2.45, 2.75) is 45.1 Å². The van der Waals surface area contributed by atoms with Gasteiger partial charge in [0, 0.05) is 19.5 Å². The fraction of sp³-hybridized carbons (Fsp3) is 0.857. The minimum Gasteiger partial charge on any atom is -0.378 e. The second kappa shape index (κ2) is 9.72. The summed E-state index contributed by atoms with van der Waals surface area (Å²) >= 11 is 0. The number of carbonyl (C=O) groups excluding carboxylic acids is 2. The number of ether oxygens (including phenoxy) is 1. The van der Waals surface area contributed by atoms with Crippen molar-refractivity contribution in [3.05, 3.63) is 0 Å². The Morgan fingerprint density at radius 1 is 1.20 bits per heavy atom. The van der Waals surface area contributed by atoms with Crippen LogP contribution < -0.4 is 11.1 Å². The van der Waals surface area contributed by atoms with Crippen LogP contribution in [0.1, 0.15) is 39.0 Å². The van der Waals surface area contributed by atoms with Crippen LogP contribution in [0.5, 0.6) is 0 Å². The van der Waals surface area contributed by atoms with Gasteiger partial charge in [-0.1, -0.05) is 12.8 Å². The maximum atomic E-state index is 12.1. The van der Waals surface area contributed by atoms with Gasteiger partial charge in [-0.3, -0.25) is 9.59 Å². The number of nitrogens with zero attached hydrogens (tertiary/aromatic N) is 1. The molecule has 3 N–H and O–H groups in total. The van der Waals surface area contributed by atoms with Crippen molar-refractivity contribution >= 4 is 11.8 Å². The first kappa shape index (κ1) is 16.9. The third kappa shape index (κ3) is 6.34. The van der Waals surface area contributed by atoms with Crippen LogP contribution in [-0.2, 0) is 14.3 Å². The number of unbranched alkanes of at least 4 members (excludes halogenated alkanes) is 3. The minimum absolute atomic E-state index is 0.0234. The zero-order chi connectivity index (χ0) is 14.8. The molecule has 0 aromatic carbocycles. The second-order valence-corrected chi connectivity index (χ2v) is 5.18. The third-order valence-electron chi connectivity index (χ3n) is 3.43. The summed E-state index contributed by atoms with van der Waals surface area (Å²) in [6, 6.07) is -0.454. The number of nitrogens with one attached hydrogen (secondary N) is 1. The predicted octanol–water partition coefficient (Wildman–Crippen LogP) is 0.259. The summed E-state index contributed by atoms with van der Waals surface area (Å²) in [6.07, 6.45) is 4.41. The lowest BCUT2D eigenvalue weighted by Gasteiger charge is -2.29. The molecular weight excluding hydrogens is 258 g/mol.